The van der Waals surface area contributed by atoms with Gasteiger partial charge in [0.1, 0.15) is 5.65 Å². The van der Waals surface area contributed by atoms with Crippen molar-refractivity contribution in [1.82, 2.24) is 14.3 Å². The number of pyridine rings is 1. The molecule has 1 fully saturated rings. The lowest BCUT2D eigenvalue weighted by Crippen LogP contribution is -2.38. The topological polar surface area (TPSA) is 71.8 Å². The van der Waals surface area contributed by atoms with E-state index in [1.165, 1.54) is 5.69 Å². The van der Waals surface area contributed by atoms with Crippen LogP contribution < -0.4 is 0 Å². The number of aromatic nitrogens is 2. The van der Waals surface area contributed by atoms with E-state index in [0.717, 1.165) is 34.8 Å². The summed E-state index contributed by atoms with van der Waals surface area (Å²) in [6.45, 7) is 5.03. The first kappa shape index (κ1) is 24.9. The van der Waals surface area contributed by atoms with Crippen molar-refractivity contribution in [3.8, 4) is 0 Å². The predicted octanol–water partition coefficient (Wildman–Crippen LogP) is 5.12. The minimum absolute atomic E-state index is 0. The van der Waals surface area contributed by atoms with E-state index in [4.69, 9.17) is 0 Å². The molecule has 0 N–H and O–H groups in total. The summed E-state index contributed by atoms with van der Waals surface area (Å²) < 4.78 is 28.0. The third kappa shape index (κ3) is 5.11. The Kier molecular flexibility index (Phi) is 7.28. The number of amides is 1. The van der Waals surface area contributed by atoms with Gasteiger partial charge in [-0.15, -0.1) is 12.4 Å². The lowest BCUT2D eigenvalue weighted by molar-refractivity contribution is -0.131. The molecule has 35 heavy (non-hydrogen) atoms. The Morgan fingerprint density at radius 1 is 1.06 bits per heavy atom. The highest BCUT2D eigenvalue weighted by Crippen LogP contribution is 2.29. The Balaban J connectivity index is 0.00000289. The molecule has 8 heteroatoms. The molecule has 0 bridgehead atoms. The Labute approximate surface area is 211 Å². The fourth-order valence-corrected chi connectivity index (χ4v) is 6.00. The van der Waals surface area contributed by atoms with Gasteiger partial charge >= 0.3 is 0 Å². The quantitative estimate of drug-likeness (QED) is 0.361. The first-order chi connectivity index (χ1) is 16.4. The van der Waals surface area contributed by atoms with Crippen LogP contribution in [0.15, 0.2) is 78.5 Å². The van der Waals surface area contributed by atoms with Crippen LogP contribution in [-0.2, 0) is 14.6 Å². The van der Waals surface area contributed by atoms with E-state index in [2.05, 4.69) is 16.0 Å². The van der Waals surface area contributed by atoms with Crippen molar-refractivity contribution in [2.24, 2.45) is 0 Å². The molecule has 4 aromatic rings. The van der Waals surface area contributed by atoms with E-state index in [0.29, 0.717) is 19.0 Å². The van der Waals surface area contributed by atoms with Crippen LogP contribution in [0.25, 0.3) is 22.5 Å². The molecule has 182 valence electrons. The fourth-order valence-electron chi connectivity index (χ4n) is 4.74. The Morgan fingerprint density at radius 2 is 1.80 bits per heavy atom. The Bertz CT molecular complexity index is 1490. The number of likely N-dealkylation sites (tertiary alicyclic amines) is 1. The van der Waals surface area contributed by atoms with Gasteiger partial charge in [-0.2, -0.15) is 0 Å². The molecule has 1 aliphatic heterocycles. The van der Waals surface area contributed by atoms with Crippen LogP contribution in [-0.4, -0.2) is 47.5 Å². The molecule has 0 spiro atoms. The molecule has 1 amide bonds. The van der Waals surface area contributed by atoms with Gasteiger partial charge in [0.25, 0.3) is 0 Å². The normalized spacial score (nSPS) is 14.7. The zero-order valence-corrected chi connectivity index (χ0v) is 21.0. The number of halogens is 1. The number of hydrogen-bond acceptors (Lipinski definition) is 4. The summed E-state index contributed by atoms with van der Waals surface area (Å²) in [7, 11) is -3.55. The van der Waals surface area contributed by atoms with Crippen LogP contribution in [0.3, 0.4) is 0 Å². The second kappa shape index (κ2) is 10.2. The monoisotopic (exact) mass is 509 g/mol. The molecule has 0 unspecified atom stereocenters. The van der Waals surface area contributed by atoms with Crippen molar-refractivity contribution >= 4 is 50.6 Å². The zero-order chi connectivity index (χ0) is 23.7. The van der Waals surface area contributed by atoms with Gasteiger partial charge in [0.05, 0.1) is 10.6 Å². The van der Waals surface area contributed by atoms with Crippen LogP contribution in [0.2, 0.25) is 0 Å². The van der Waals surface area contributed by atoms with E-state index >= 15 is 0 Å². The number of piperidine rings is 1. The molecule has 1 saturated heterocycles. The minimum Gasteiger partial charge on any atom is -0.343 e. The number of sulfone groups is 1. The van der Waals surface area contributed by atoms with Gasteiger partial charge in [-0.25, -0.2) is 13.4 Å². The molecule has 3 heterocycles. The molecule has 2 aromatic heterocycles. The molecule has 0 aliphatic carbocycles. The maximum absolute atomic E-state index is 12.9. The summed E-state index contributed by atoms with van der Waals surface area (Å²) in [5, 5.41) is 1.81. The molecule has 1 aliphatic rings. The van der Waals surface area contributed by atoms with E-state index in [1.54, 1.807) is 23.1 Å². The summed E-state index contributed by atoms with van der Waals surface area (Å²) >= 11 is 0. The number of fused-ring (bicyclic) bond motifs is 2. The molecule has 0 radical (unpaired) electrons. The Morgan fingerprint density at radius 3 is 2.57 bits per heavy atom. The first-order valence-electron chi connectivity index (χ1n) is 11.5. The van der Waals surface area contributed by atoms with Crippen molar-refractivity contribution in [3.63, 3.8) is 0 Å². The van der Waals surface area contributed by atoms with Gasteiger partial charge in [-0.3, -0.25) is 4.79 Å². The molecule has 6 nitrogen and oxygen atoms in total. The van der Waals surface area contributed by atoms with E-state index in [-0.39, 0.29) is 35.4 Å². The highest BCUT2D eigenvalue weighted by Gasteiger charge is 2.27. The van der Waals surface area contributed by atoms with Gasteiger partial charge in [-0.1, -0.05) is 36.9 Å². The van der Waals surface area contributed by atoms with Crippen molar-refractivity contribution < 1.29 is 13.2 Å². The summed E-state index contributed by atoms with van der Waals surface area (Å²) in [6, 6.07) is 16.8. The van der Waals surface area contributed by atoms with E-state index in [1.807, 2.05) is 54.9 Å². The third-order valence-corrected chi connectivity index (χ3v) is 8.44. The third-order valence-electron chi connectivity index (χ3n) is 6.73. The average Bonchev–Trinajstić information content (AvgIpc) is 3.31. The number of carbonyl (C=O) groups excluding carboxylic acids is 1. The Hall–Kier alpha value is -3.16. The largest absolute Gasteiger partial charge is 0.343 e. The number of benzene rings is 2. The molecule has 5 rings (SSSR count). The number of carbonyl (C=O) groups is 1. The van der Waals surface area contributed by atoms with Crippen LogP contribution in [0.5, 0.6) is 0 Å². The van der Waals surface area contributed by atoms with Crippen LogP contribution in [0, 0.1) is 0 Å². The zero-order valence-electron chi connectivity index (χ0n) is 19.3. The fraction of sp³-hybridized carbons (Fsp3) is 0.259. The lowest BCUT2D eigenvalue weighted by atomic mass is 9.93. The average molecular weight is 510 g/mol. The highest BCUT2D eigenvalue weighted by atomic mass is 35.5. The van der Waals surface area contributed by atoms with E-state index in [9.17, 15) is 13.2 Å². The van der Waals surface area contributed by atoms with Gasteiger partial charge in [0, 0.05) is 43.5 Å². The van der Waals surface area contributed by atoms with Crippen molar-refractivity contribution in [2.75, 3.05) is 18.8 Å². The second-order valence-electron chi connectivity index (χ2n) is 8.81. The van der Waals surface area contributed by atoms with Gasteiger partial charge in [0.2, 0.25) is 5.91 Å². The van der Waals surface area contributed by atoms with Crippen LogP contribution in [0.4, 0.5) is 0 Å². The minimum atomic E-state index is -3.55. The summed E-state index contributed by atoms with van der Waals surface area (Å²) in [5.74, 6) is 0.0518. The molecule has 0 atom stereocenters. The maximum atomic E-state index is 12.9. The number of nitrogens with zero attached hydrogens (tertiary/aromatic N) is 3. The highest BCUT2D eigenvalue weighted by molar-refractivity contribution is 7.91. The van der Waals surface area contributed by atoms with Gasteiger partial charge in [-0.05, 0) is 59.5 Å². The molecule has 0 saturated carbocycles. The van der Waals surface area contributed by atoms with Crippen molar-refractivity contribution in [3.05, 3.63) is 84.8 Å². The smallest absolute Gasteiger partial charge is 0.223 e. The number of hydrogen-bond donors (Lipinski definition) is 0. The number of rotatable bonds is 6. The predicted molar refractivity (Wildman–Crippen MR) is 142 cm³/mol. The second-order valence-corrected chi connectivity index (χ2v) is 10.9. The summed E-state index contributed by atoms with van der Waals surface area (Å²) in [6.07, 6.45) is 7.39. The summed E-state index contributed by atoms with van der Waals surface area (Å²) in [5.41, 5.74) is 3.08. The van der Waals surface area contributed by atoms with Crippen LogP contribution >= 0.6 is 12.4 Å². The van der Waals surface area contributed by atoms with Crippen LogP contribution in [0.1, 0.15) is 36.4 Å². The number of imidazole rings is 1. The summed E-state index contributed by atoms with van der Waals surface area (Å²) in [4.78, 5) is 19.3. The van der Waals surface area contributed by atoms with Crippen molar-refractivity contribution in [1.29, 1.82) is 0 Å². The first-order valence-corrected chi connectivity index (χ1v) is 13.2. The van der Waals surface area contributed by atoms with E-state index < -0.39 is 9.84 Å². The lowest BCUT2D eigenvalue weighted by Gasteiger charge is -2.32. The standard InChI is InChI=1S/C27H27N3O3S.ClH/c1-2-20-6-7-23-18-24(9-8-22(23)17-20)34(32,33)16-12-27(31)29-14-10-21(11-15-29)25-19-28-26-5-3-4-13-30(25)26;/h2-9,13,17-19,21H,1,10-12,14-16H2;1H. The van der Waals surface area contributed by atoms with Crippen molar-refractivity contribution in [2.45, 2.75) is 30.1 Å². The molecular formula is C27H28ClN3O3S. The molecular weight excluding hydrogens is 482 g/mol. The van der Waals surface area contributed by atoms with Gasteiger partial charge in [0.15, 0.2) is 9.84 Å². The molecule has 2 aromatic carbocycles. The van der Waals surface area contributed by atoms with Gasteiger partial charge < -0.3 is 9.30 Å². The SMILES string of the molecule is C=Cc1ccc2cc(S(=O)(=O)CCC(=O)N3CCC(c4cnc5ccccn45)CC3)ccc2c1.Cl. The maximum Gasteiger partial charge on any atom is 0.223 e.